The van der Waals surface area contributed by atoms with Crippen molar-refractivity contribution in [3.63, 3.8) is 0 Å². The number of fused-ring (bicyclic) bond motifs is 4. The third kappa shape index (κ3) is 1.83. The van der Waals surface area contributed by atoms with Crippen molar-refractivity contribution < 1.29 is 14.5 Å². The second kappa shape index (κ2) is 5.02. The number of ether oxygens (including phenoxy) is 1. The molecule has 1 saturated heterocycles. The molecule has 2 aliphatic heterocycles. The summed E-state index contributed by atoms with van der Waals surface area (Å²) in [5, 5.41) is 0. The molecule has 0 saturated carbocycles. The van der Waals surface area contributed by atoms with Crippen LogP contribution >= 0.6 is 0 Å². The van der Waals surface area contributed by atoms with Gasteiger partial charge in [0.15, 0.2) is 0 Å². The summed E-state index contributed by atoms with van der Waals surface area (Å²) in [7, 11) is 0. The second-order valence-corrected chi connectivity index (χ2v) is 6.20. The lowest BCUT2D eigenvalue weighted by Crippen LogP contribution is -2.41. The molecular formula is C21H16O3. The summed E-state index contributed by atoms with van der Waals surface area (Å²) in [6.45, 7) is 0. The largest absolute Gasteiger partial charge is 0.300 e. The van der Waals surface area contributed by atoms with Crippen molar-refractivity contribution in [3.8, 4) is 0 Å². The molecule has 2 bridgehead atoms. The van der Waals surface area contributed by atoms with E-state index in [0.717, 1.165) is 16.7 Å². The molecule has 0 amide bonds. The Morgan fingerprint density at radius 2 is 1.29 bits per heavy atom. The van der Waals surface area contributed by atoms with Gasteiger partial charge in [0.05, 0.1) is 0 Å². The standard InChI is InChI=1S/C21H16O3/c1-3-10-17(11-4-1)20-15-16-9-7-8-14-19(16)21(22-20,24-23-20)18-12-5-2-6-13-18/h1-14H,15H2/t20-,21-/m1/s1/i22+2. The molecule has 1 fully saturated rings. The van der Waals surface area contributed by atoms with Gasteiger partial charge < -0.3 is 0 Å². The van der Waals surface area contributed by atoms with Crippen molar-refractivity contribution in [2.75, 3.05) is 0 Å². The van der Waals surface area contributed by atoms with E-state index in [4.69, 9.17) is 14.5 Å². The molecule has 3 aromatic rings. The van der Waals surface area contributed by atoms with E-state index in [9.17, 15) is 0 Å². The molecule has 0 N–H and O–H groups in total. The van der Waals surface area contributed by atoms with Crippen molar-refractivity contribution in [1.29, 1.82) is 0 Å². The van der Waals surface area contributed by atoms with Crippen molar-refractivity contribution in [3.05, 3.63) is 107 Å². The van der Waals surface area contributed by atoms with Crippen LogP contribution in [0.15, 0.2) is 84.9 Å². The van der Waals surface area contributed by atoms with Gasteiger partial charge in [0.2, 0.25) is 5.79 Å². The van der Waals surface area contributed by atoms with E-state index >= 15 is 0 Å². The molecule has 2 heterocycles. The highest BCUT2D eigenvalue weighted by Crippen LogP contribution is 2.55. The normalized spacial score (nSPS) is 27.7. The molecule has 3 heteroatoms. The quantitative estimate of drug-likeness (QED) is 0.521. The summed E-state index contributed by atoms with van der Waals surface area (Å²) in [6, 6.07) is 28.1. The first-order valence-corrected chi connectivity index (χ1v) is 8.09. The van der Waals surface area contributed by atoms with Crippen molar-refractivity contribution in [2.45, 2.75) is 18.0 Å². The Labute approximate surface area is 140 Å². The fourth-order valence-corrected chi connectivity index (χ4v) is 3.63. The van der Waals surface area contributed by atoms with Gasteiger partial charge in [-0.15, -0.1) is 0 Å². The zero-order chi connectivity index (χ0) is 16.0. The molecule has 24 heavy (non-hydrogen) atoms. The Bertz CT molecular complexity index is 878. The maximum Gasteiger partial charge on any atom is 0.257 e. The lowest BCUT2D eigenvalue weighted by molar-refractivity contribution is -0.346. The Kier molecular flexibility index (Phi) is 2.91. The van der Waals surface area contributed by atoms with E-state index in [1.807, 2.05) is 78.9 Å². The fourth-order valence-electron chi connectivity index (χ4n) is 3.63. The van der Waals surface area contributed by atoms with Gasteiger partial charge in [0, 0.05) is 23.1 Å². The van der Waals surface area contributed by atoms with Crippen LogP contribution in [0.4, 0.5) is 0 Å². The predicted molar refractivity (Wildman–Crippen MR) is 88.7 cm³/mol. The SMILES string of the molecule is c1ccc([C@@]23OO[C@@](c4ccccc4)(Cc4ccccc42)[18O]3)cc1. The van der Waals surface area contributed by atoms with E-state index in [0.29, 0.717) is 6.42 Å². The second-order valence-electron chi connectivity index (χ2n) is 6.20. The minimum absolute atomic E-state index is 0.613. The van der Waals surface area contributed by atoms with Crippen LogP contribution in [0.25, 0.3) is 0 Å². The first-order chi connectivity index (χ1) is 11.8. The summed E-state index contributed by atoms with van der Waals surface area (Å²) in [5.74, 6) is -1.96. The molecule has 0 spiro atoms. The highest BCUT2D eigenvalue weighted by molar-refractivity contribution is 5.44. The van der Waals surface area contributed by atoms with Gasteiger partial charge in [-0.1, -0.05) is 84.9 Å². The molecule has 0 radical (unpaired) electrons. The zero-order valence-corrected chi connectivity index (χ0v) is 13.0. The van der Waals surface area contributed by atoms with Crippen LogP contribution in [0.3, 0.4) is 0 Å². The Morgan fingerprint density at radius 1 is 0.667 bits per heavy atom. The summed E-state index contributed by atoms with van der Waals surface area (Å²) in [4.78, 5) is 11.8. The van der Waals surface area contributed by atoms with Crippen molar-refractivity contribution in [2.24, 2.45) is 0 Å². The van der Waals surface area contributed by atoms with Gasteiger partial charge in [0.1, 0.15) is 0 Å². The molecule has 3 aromatic carbocycles. The molecule has 0 aromatic heterocycles. The van der Waals surface area contributed by atoms with Gasteiger partial charge >= 0.3 is 0 Å². The zero-order valence-electron chi connectivity index (χ0n) is 13.0. The van der Waals surface area contributed by atoms with Crippen LogP contribution in [-0.4, -0.2) is 0 Å². The molecule has 118 valence electrons. The van der Waals surface area contributed by atoms with Gasteiger partial charge in [-0.3, -0.25) is 4.74 Å². The van der Waals surface area contributed by atoms with Gasteiger partial charge in [-0.2, -0.15) is 9.78 Å². The lowest BCUT2D eigenvalue weighted by atomic mass is 9.87. The number of benzene rings is 3. The Hall–Kier alpha value is -2.46. The molecule has 5 rings (SSSR count). The highest BCUT2D eigenvalue weighted by Gasteiger charge is 2.60. The third-order valence-corrected chi connectivity index (χ3v) is 4.76. The summed E-state index contributed by atoms with van der Waals surface area (Å²) < 4.78 is 6.53. The van der Waals surface area contributed by atoms with Crippen LogP contribution in [-0.2, 0) is 32.5 Å². The maximum absolute atomic E-state index is 6.53. The van der Waals surface area contributed by atoms with Crippen LogP contribution in [0, 0.1) is 0 Å². The minimum atomic E-state index is -1.04. The average molecular weight is 318 g/mol. The van der Waals surface area contributed by atoms with Crippen LogP contribution in [0.2, 0.25) is 0 Å². The first kappa shape index (κ1) is 13.9. The molecule has 0 aliphatic carbocycles. The van der Waals surface area contributed by atoms with Crippen LogP contribution < -0.4 is 0 Å². The van der Waals surface area contributed by atoms with Gasteiger partial charge in [-0.25, -0.2) is 0 Å². The predicted octanol–water partition coefficient (Wildman–Crippen LogP) is 4.28. The fraction of sp³-hybridized carbons (Fsp3) is 0.143. The third-order valence-electron chi connectivity index (χ3n) is 4.76. The highest BCUT2D eigenvalue weighted by atomic mass is 18.4. The van der Waals surface area contributed by atoms with Gasteiger partial charge in [-0.05, 0) is 5.56 Å². The first-order valence-electron chi connectivity index (χ1n) is 8.09. The Morgan fingerprint density at radius 3 is 2.04 bits per heavy atom. The average Bonchev–Trinajstić information content (AvgIpc) is 3.00. The van der Waals surface area contributed by atoms with E-state index < -0.39 is 11.6 Å². The van der Waals surface area contributed by atoms with E-state index in [-0.39, 0.29) is 0 Å². The summed E-state index contributed by atoms with van der Waals surface area (Å²) >= 11 is 0. The molecule has 2 aliphatic rings. The van der Waals surface area contributed by atoms with Crippen LogP contribution in [0.5, 0.6) is 0 Å². The Balaban J connectivity index is 1.74. The molecule has 0 unspecified atom stereocenters. The number of rotatable bonds is 2. The number of hydrogen-bond acceptors (Lipinski definition) is 3. The van der Waals surface area contributed by atoms with E-state index in [1.54, 1.807) is 0 Å². The molecular weight excluding hydrogens is 302 g/mol. The summed E-state index contributed by atoms with van der Waals surface area (Å²) in [6.07, 6.45) is 0.613. The van der Waals surface area contributed by atoms with Gasteiger partial charge in [0.25, 0.3) is 5.79 Å². The van der Waals surface area contributed by atoms with Crippen molar-refractivity contribution in [1.82, 2.24) is 0 Å². The topological polar surface area (TPSA) is 27.7 Å². The summed E-state index contributed by atoms with van der Waals surface area (Å²) in [5.41, 5.74) is 4.06. The lowest BCUT2D eigenvalue weighted by Gasteiger charge is -2.36. The van der Waals surface area contributed by atoms with Crippen LogP contribution in [0.1, 0.15) is 22.3 Å². The minimum Gasteiger partial charge on any atom is -0.300 e. The smallest absolute Gasteiger partial charge is 0.257 e. The number of hydrogen-bond donors (Lipinski definition) is 0. The van der Waals surface area contributed by atoms with E-state index in [1.165, 1.54) is 5.56 Å². The maximum atomic E-state index is 6.53. The molecule has 3 nitrogen and oxygen atoms in total. The van der Waals surface area contributed by atoms with E-state index in [2.05, 4.69) is 6.07 Å². The monoisotopic (exact) mass is 318 g/mol. The van der Waals surface area contributed by atoms with Crippen molar-refractivity contribution >= 4 is 0 Å². The molecule has 2 atom stereocenters.